The summed E-state index contributed by atoms with van der Waals surface area (Å²) in [5.41, 5.74) is 0.743. The number of benzene rings is 1. The molecule has 4 nitrogen and oxygen atoms in total. The molecule has 0 saturated heterocycles. The number of nitrogens with one attached hydrogen (secondary N) is 1. The second kappa shape index (κ2) is 6.85. The number of methoxy groups -OCH3 is 1. The Morgan fingerprint density at radius 2 is 2.24 bits per heavy atom. The van der Waals surface area contributed by atoms with Crippen LogP contribution in [0, 0.1) is 5.82 Å². The Balaban J connectivity index is 2.42. The molecule has 0 heterocycles. The number of hydrogen-bond donors (Lipinski definition) is 1. The van der Waals surface area contributed by atoms with Crippen LogP contribution in [-0.4, -0.2) is 26.2 Å². The van der Waals surface area contributed by atoms with Crippen molar-refractivity contribution in [3.63, 3.8) is 0 Å². The van der Waals surface area contributed by atoms with Crippen LogP contribution in [0.15, 0.2) is 18.2 Å². The summed E-state index contributed by atoms with van der Waals surface area (Å²) in [6.07, 6.45) is 0. The minimum atomic E-state index is -0.414. The van der Waals surface area contributed by atoms with Gasteiger partial charge in [0.15, 0.2) is 11.6 Å². The van der Waals surface area contributed by atoms with Crippen molar-refractivity contribution in [1.82, 2.24) is 5.32 Å². The molecule has 0 aliphatic rings. The van der Waals surface area contributed by atoms with E-state index >= 15 is 0 Å². The van der Waals surface area contributed by atoms with Crippen molar-refractivity contribution in [2.45, 2.75) is 13.5 Å². The van der Waals surface area contributed by atoms with E-state index in [-0.39, 0.29) is 18.3 Å². The van der Waals surface area contributed by atoms with Gasteiger partial charge in [-0.15, -0.1) is 0 Å². The fraction of sp³-hybridized carbons (Fsp3) is 0.417. The summed E-state index contributed by atoms with van der Waals surface area (Å²) < 4.78 is 22.9. The first-order valence-electron chi connectivity index (χ1n) is 5.36. The van der Waals surface area contributed by atoms with Crippen LogP contribution in [0.3, 0.4) is 0 Å². The predicted octanol–water partition coefficient (Wildman–Crippen LogP) is 1.49. The summed E-state index contributed by atoms with van der Waals surface area (Å²) in [6.45, 7) is 2.62. The van der Waals surface area contributed by atoms with Crippen LogP contribution in [0.5, 0.6) is 5.75 Å². The van der Waals surface area contributed by atoms with Crippen LogP contribution in [0.4, 0.5) is 4.39 Å². The van der Waals surface area contributed by atoms with Gasteiger partial charge in [-0.2, -0.15) is 0 Å². The highest BCUT2D eigenvalue weighted by Crippen LogP contribution is 2.17. The van der Waals surface area contributed by atoms with Gasteiger partial charge in [0.05, 0.1) is 20.3 Å². The Kier molecular flexibility index (Phi) is 5.42. The maximum Gasteiger partial charge on any atom is 0.319 e. The number of rotatable bonds is 6. The average Bonchev–Trinajstić information content (AvgIpc) is 2.29. The maximum absolute atomic E-state index is 13.3. The van der Waals surface area contributed by atoms with Crippen molar-refractivity contribution in [3.8, 4) is 5.75 Å². The van der Waals surface area contributed by atoms with Crippen LogP contribution in [0.2, 0.25) is 0 Å². The summed E-state index contributed by atoms with van der Waals surface area (Å²) in [5, 5.41) is 2.87. The molecule has 1 aromatic rings. The zero-order valence-electron chi connectivity index (χ0n) is 9.96. The van der Waals surface area contributed by atoms with Gasteiger partial charge in [0.2, 0.25) is 0 Å². The summed E-state index contributed by atoms with van der Waals surface area (Å²) in [4.78, 5) is 11.0. The van der Waals surface area contributed by atoms with E-state index in [1.54, 1.807) is 19.1 Å². The number of carbonyl (C=O) groups is 1. The molecule has 0 fully saturated rings. The second-order valence-corrected chi connectivity index (χ2v) is 3.38. The molecule has 0 spiro atoms. The van der Waals surface area contributed by atoms with Crippen LogP contribution in [0.1, 0.15) is 12.5 Å². The standard InChI is InChI=1S/C12H16FNO3/c1-3-17-12(15)8-14-7-9-4-5-11(16-2)10(13)6-9/h4-6,14H,3,7-8H2,1-2H3. The van der Waals surface area contributed by atoms with E-state index in [0.29, 0.717) is 13.2 Å². The molecule has 0 aliphatic heterocycles. The smallest absolute Gasteiger partial charge is 0.319 e. The molecule has 0 saturated carbocycles. The van der Waals surface area contributed by atoms with Gasteiger partial charge >= 0.3 is 5.97 Å². The van der Waals surface area contributed by atoms with Gasteiger partial charge in [0, 0.05) is 6.54 Å². The van der Waals surface area contributed by atoms with Crippen LogP contribution >= 0.6 is 0 Å². The third-order valence-corrected chi connectivity index (χ3v) is 2.12. The van der Waals surface area contributed by atoms with Gasteiger partial charge in [-0.1, -0.05) is 6.07 Å². The topological polar surface area (TPSA) is 47.6 Å². The zero-order valence-corrected chi connectivity index (χ0v) is 9.96. The highest BCUT2D eigenvalue weighted by molar-refractivity contribution is 5.71. The van der Waals surface area contributed by atoms with Gasteiger partial charge in [0.1, 0.15) is 0 Å². The van der Waals surface area contributed by atoms with Gasteiger partial charge in [-0.3, -0.25) is 4.79 Å². The SMILES string of the molecule is CCOC(=O)CNCc1ccc(OC)c(F)c1. The fourth-order valence-corrected chi connectivity index (χ4v) is 1.34. The van der Waals surface area contributed by atoms with E-state index in [1.165, 1.54) is 13.2 Å². The van der Waals surface area contributed by atoms with Crippen molar-refractivity contribution >= 4 is 5.97 Å². The lowest BCUT2D eigenvalue weighted by molar-refractivity contribution is -0.142. The molecule has 17 heavy (non-hydrogen) atoms. The largest absolute Gasteiger partial charge is 0.494 e. The van der Waals surface area contributed by atoms with E-state index in [9.17, 15) is 9.18 Å². The zero-order chi connectivity index (χ0) is 12.7. The molecule has 0 aliphatic carbocycles. The molecule has 1 N–H and O–H groups in total. The van der Waals surface area contributed by atoms with Gasteiger partial charge < -0.3 is 14.8 Å². The van der Waals surface area contributed by atoms with E-state index in [1.807, 2.05) is 0 Å². The van der Waals surface area contributed by atoms with Crippen molar-refractivity contribution in [1.29, 1.82) is 0 Å². The third-order valence-electron chi connectivity index (χ3n) is 2.12. The average molecular weight is 241 g/mol. The lowest BCUT2D eigenvalue weighted by Crippen LogP contribution is -2.24. The minimum Gasteiger partial charge on any atom is -0.494 e. The highest BCUT2D eigenvalue weighted by Gasteiger charge is 2.04. The molecule has 0 atom stereocenters. The Labute approximate surface area is 99.7 Å². The normalized spacial score (nSPS) is 10.1. The summed E-state index contributed by atoms with van der Waals surface area (Å²) in [6, 6.07) is 4.66. The quantitative estimate of drug-likeness (QED) is 0.766. The van der Waals surface area contributed by atoms with Crippen molar-refractivity contribution in [2.75, 3.05) is 20.3 Å². The molecule has 1 aromatic carbocycles. The van der Waals surface area contributed by atoms with Gasteiger partial charge in [-0.25, -0.2) is 4.39 Å². The maximum atomic E-state index is 13.3. The summed E-state index contributed by atoms with van der Waals surface area (Å²) in [7, 11) is 1.41. The predicted molar refractivity (Wildman–Crippen MR) is 61.3 cm³/mol. The second-order valence-electron chi connectivity index (χ2n) is 3.38. The highest BCUT2D eigenvalue weighted by atomic mass is 19.1. The van der Waals surface area contributed by atoms with Crippen molar-refractivity contribution in [3.05, 3.63) is 29.6 Å². The molecule has 0 amide bonds. The number of ether oxygens (including phenoxy) is 2. The lowest BCUT2D eigenvalue weighted by Gasteiger charge is -2.06. The molecule has 5 heteroatoms. The monoisotopic (exact) mass is 241 g/mol. The number of halogens is 1. The van der Waals surface area contributed by atoms with E-state index in [4.69, 9.17) is 9.47 Å². The Morgan fingerprint density at radius 1 is 1.47 bits per heavy atom. The third kappa shape index (κ3) is 4.40. The first-order chi connectivity index (χ1) is 8.17. The molecule has 94 valence electrons. The molecule has 0 radical (unpaired) electrons. The first kappa shape index (κ1) is 13.4. The number of carbonyl (C=O) groups excluding carboxylic acids is 1. The lowest BCUT2D eigenvalue weighted by atomic mass is 10.2. The van der Waals surface area contributed by atoms with Gasteiger partial charge in [-0.05, 0) is 24.6 Å². The summed E-state index contributed by atoms with van der Waals surface area (Å²) in [5.74, 6) is -0.524. The molecule has 0 bridgehead atoms. The molecule has 0 aromatic heterocycles. The van der Waals surface area contributed by atoms with Crippen LogP contribution in [0.25, 0.3) is 0 Å². The van der Waals surface area contributed by atoms with Gasteiger partial charge in [0.25, 0.3) is 0 Å². The minimum absolute atomic E-state index is 0.113. The van der Waals surface area contributed by atoms with E-state index in [0.717, 1.165) is 5.56 Å². The Bertz CT molecular complexity index is 382. The molecular weight excluding hydrogens is 225 g/mol. The number of esters is 1. The summed E-state index contributed by atoms with van der Waals surface area (Å²) >= 11 is 0. The Hall–Kier alpha value is -1.62. The van der Waals surface area contributed by atoms with Crippen molar-refractivity contribution in [2.24, 2.45) is 0 Å². The fourth-order valence-electron chi connectivity index (χ4n) is 1.34. The van der Waals surface area contributed by atoms with Crippen molar-refractivity contribution < 1.29 is 18.7 Å². The first-order valence-corrected chi connectivity index (χ1v) is 5.36. The van der Waals surface area contributed by atoms with E-state index in [2.05, 4.69) is 5.32 Å². The number of hydrogen-bond acceptors (Lipinski definition) is 4. The van der Waals surface area contributed by atoms with Crippen LogP contribution < -0.4 is 10.1 Å². The van der Waals surface area contributed by atoms with Crippen LogP contribution in [-0.2, 0) is 16.1 Å². The molecule has 0 unspecified atom stereocenters. The molecular formula is C12H16FNO3. The Morgan fingerprint density at radius 3 is 2.82 bits per heavy atom. The molecule has 1 rings (SSSR count). The van der Waals surface area contributed by atoms with E-state index < -0.39 is 5.82 Å².